The number of benzene rings is 1. The number of nitrogens with two attached hydrogens (primary N) is 1. The Labute approximate surface area is 104 Å². The minimum Gasteiger partial charge on any atom is -0.497 e. The van der Waals surface area contributed by atoms with Gasteiger partial charge in [-0.15, -0.1) is 12.4 Å². The Morgan fingerprint density at radius 3 is 2.19 bits per heavy atom. The van der Waals surface area contributed by atoms with Crippen molar-refractivity contribution in [1.82, 2.24) is 0 Å². The second kappa shape index (κ2) is 5.55. The van der Waals surface area contributed by atoms with Crippen molar-refractivity contribution in [2.24, 2.45) is 5.73 Å². The molecule has 0 spiro atoms. The standard InChI is InChI=1S/C13H19NO.ClH/c1-15-12-6-4-11(5-7-12)13(10-14)8-2-3-9-13;/h4-7H,2-3,8-10,14H2,1H3;1H. The van der Waals surface area contributed by atoms with E-state index in [4.69, 9.17) is 10.5 Å². The van der Waals surface area contributed by atoms with Crippen LogP contribution in [0.5, 0.6) is 5.75 Å². The van der Waals surface area contributed by atoms with E-state index in [1.54, 1.807) is 7.11 Å². The minimum absolute atomic E-state index is 0. The number of rotatable bonds is 3. The van der Waals surface area contributed by atoms with Gasteiger partial charge in [-0.2, -0.15) is 0 Å². The molecular formula is C13H20ClNO. The Morgan fingerprint density at radius 1 is 1.19 bits per heavy atom. The van der Waals surface area contributed by atoms with Gasteiger partial charge in [-0.05, 0) is 30.5 Å². The summed E-state index contributed by atoms with van der Waals surface area (Å²) in [7, 11) is 1.70. The minimum atomic E-state index is 0. The molecule has 2 nitrogen and oxygen atoms in total. The quantitative estimate of drug-likeness (QED) is 0.883. The highest BCUT2D eigenvalue weighted by molar-refractivity contribution is 5.85. The van der Waals surface area contributed by atoms with E-state index in [1.807, 2.05) is 12.1 Å². The third kappa shape index (κ3) is 2.33. The van der Waals surface area contributed by atoms with E-state index in [0.717, 1.165) is 12.3 Å². The second-order valence-corrected chi connectivity index (χ2v) is 4.42. The molecule has 0 atom stereocenters. The molecule has 16 heavy (non-hydrogen) atoms. The van der Waals surface area contributed by atoms with Crippen LogP contribution in [0, 0.1) is 0 Å². The summed E-state index contributed by atoms with van der Waals surface area (Å²) < 4.78 is 5.17. The fourth-order valence-electron chi connectivity index (χ4n) is 2.61. The Balaban J connectivity index is 0.00000128. The highest BCUT2D eigenvalue weighted by Crippen LogP contribution is 2.40. The molecule has 1 fully saturated rings. The first-order valence-electron chi connectivity index (χ1n) is 5.65. The molecule has 0 amide bonds. The SMILES string of the molecule is COc1ccc(C2(CN)CCCC2)cc1.Cl. The zero-order valence-electron chi connectivity index (χ0n) is 9.74. The van der Waals surface area contributed by atoms with Gasteiger partial charge in [0.1, 0.15) is 5.75 Å². The fraction of sp³-hybridized carbons (Fsp3) is 0.538. The molecule has 0 radical (unpaired) electrons. The van der Waals surface area contributed by atoms with Crippen molar-refractivity contribution < 1.29 is 4.74 Å². The predicted octanol–water partition coefficient (Wildman–Crippen LogP) is 2.89. The zero-order valence-corrected chi connectivity index (χ0v) is 10.6. The molecule has 0 heterocycles. The normalized spacial score (nSPS) is 17.9. The lowest BCUT2D eigenvalue weighted by molar-refractivity contribution is 0.412. The zero-order chi connectivity index (χ0) is 10.7. The summed E-state index contributed by atoms with van der Waals surface area (Å²) in [6.45, 7) is 0.763. The fourth-order valence-corrected chi connectivity index (χ4v) is 2.61. The van der Waals surface area contributed by atoms with Crippen LogP contribution in [0.1, 0.15) is 31.2 Å². The number of hydrogen-bond donors (Lipinski definition) is 1. The van der Waals surface area contributed by atoms with Gasteiger partial charge in [-0.3, -0.25) is 0 Å². The van der Waals surface area contributed by atoms with E-state index in [2.05, 4.69) is 12.1 Å². The van der Waals surface area contributed by atoms with Crippen LogP contribution in [0.4, 0.5) is 0 Å². The smallest absolute Gasteiger partial charge is 0.118 e. The Morgan fingerprint density at radius 2 is 1.75 bits per heavy atom. The summed E-state index contributed by atoms with van der Waals surface area (Å²) in [5.74, 6) is 0.920. The summed E-state index contributed by atoms with van der Waals surface area (Å²) in [4.78, 5) is 0. The van der Waals surface area contributed by atoms with Crippen LogP contribution in [-0.2, 0) is 5.41 Å². The number of ether oxygens (including phenoxy) is 1. The molecule has 1 aliphatic rings. The summed E-state index contributed by atoms with van der Waals surface area (Å²) in [6.07, 6.45) is 5.08. The van der Waals surface area contributed by atoms with Gasteiger partial charge in [0, 0.05) is 12.0 Å². The molecule has 1 aromatic carbocycles. The van der Waals surface area contributed by atoms with Crippen molar-refractivity contribution in [2.45, 2.75) is 31.1 Å². The molecule has 0 unspecified atom stereocenters. The number of halogens is 1. The first-order valence-corrected chi connectivity index (χ1v) is 5.65. The maximum Gasteiger partial charge on any atom is 0.118 e. The molecule has 1 saturated carbocycles. The summed E-state index contributed by atoms with van der Waals surface area (Å²) in [5.41, 5.74) is 7.56. The van der Waals surface area contributed by atoms with Crippen LogP contribution in [0.25, 0.3) is 0 Å². The van der Waals surface area contributed by atoms with E-state index >= 15 is 0 Å². The van der Waals surface area contributed by atoms with Crippen LogP contribution in [0.2, 0.25) is 0 Å². The Bertz CT molecular complexity index is 317. The largest absolute Gasteiger partial charge is 0.497 e. The summed E-state index contributed by atoms with van der Waals surface area (Å²) in [5, 5.41) is 0. The van der Waals surface area contributed by atoms with Crippen molar-refractivity contribution in [3.63, 3.8) is 0 Å². The van der Waals surface area contributed by atoms with E-state index < -0.39 is 0 Å². The molecule has 0 bridgehead atoms. The predicted molar refractivity (Wildman–Crippen MR) is 69.4 cm³/mol. The van der Waals surface area contributed by atoms with E-state index in [-0.39, 0.29) is 17.8 Å². The van der Waals surface area contributed by atoms with Crippen molar-refractivity contribution in [3.05, 3.63) is 29.8 Å². The highest BCUT2D eigenvalue weighted by atomic mass is 35.5. The molecule has 90 valence electrons. The third-order valence-corrected chi connectivity index (χ3v) is 3.65. The van der Waals surface area contributed by atoms with Gasteiger partial charge >= 0.3 is 0 Å². The van der Waals surface area contributed by atoms with E-state index in [1.165, 1.54) is 31.2 Å². The molecule has 0 aliphatic heterocycles. The van der Waals surface area contributed by atoms with Crippen molar-refractivity contribution in [1.29, 1.82) is 0 Å². The molecular weight excluding hydrogens is 222 g/mol. The maximum absolute atomic E-state index is 5.94. The molecule has 2 N–H and O–H groups in total. The lowest BCUT2D eigenvalue weighted by Gasteiger charge is -2.27. The van der Waals surface area contributed by atoms with Crippen LogP contribution in [0.15, 0.2) is 24.3 Å². The average Bonchev–Trinajstić information content (AvgIpc) is 2.79. The maximum atomic E-state index is 5.94. The monoisotopic (exact) mass is 241 g/mol. The molecule has 2 rings (SSSR count). The third-order valence-electron chi connectivity index (χ3n) is 3.65. The van der Waals surface area contributed by atoms with Crippen LogP contribution >= 0.6 is 12.4 Å². The van der Waals surface area contributed by atoms with Crippen LogP contribution in [0.3, 0.4) is 0 Å². The Hall–Kier alpha value is -0.730. The average molecular weight is 242 g/mol. The molecule has 1 aromatic rings. The van der Waals surface area contributed by atoms with E-state index in [0.29, 0.717) is 0 Å². The summed E-state index contributed by atoms with van der Waals surface area (Å²) >= 11 is 0. The van der Waals surface area contributed by atoms with Crippen LogP contribution in [-0.4, -0.2) is 13.7 Å². The molecule has 1 aliphatic carbocycles. The van der Waals surface area contributed by atoms with Gasteiger partial charge in [0.15, 0.2) is 0 Å². The van der Waals surface area contributed by atoms with Crippen molar-refractivity contribution >= 4 is 12.4 Å². The second-order valence-electron chi connectivity index (χ2n) is 4.42. The number of hydrogen-bond acceptors (Lipinski definition) is 2. The number of methoxy groups -OCH3 is 1. The highest BCUT2D eigenvalue weighted by Gasteiger charge is 2.33. The van der Waals surface area contributed by atoms with Gasteiger partial charge in [0.2, 0.25) is 0 Å². The van der Waals surface area contributed by atoms with Crippen molar-refractivity contribution in [3.8, 4) is 5.75 Å². The van der Waals surface area contributed by atoms with Crippen molar-refractivity contribution in [2.75, 3.05) is 13.7 Å². The lowest BCUT2D eigenvalue weighted by atomic mass is 9.79. The molecule has 0 aromatic heterocycles. The first-order chi connectivity index (χ1) is 7.30. The van der Waals surface area contributed by atoms with Crippen LogP contribution < -0.4 is 10.5 Å². The molecule has 3 heteroatoms. The van der Waals surface area contributed by atoms with Gasteiger partial charge in [-0.25, -0.2) is 0 Å². The molecule has 0 saturated heterocycles. The summed E-state index contributed by atoms with van der Waals surface area (Å²) in [6, 6.07) is 8.39. The van der Waals surface area contributed by atoms with Gasteiger partial charge in [0.25, 0.3) is 0 Å². The van der Waals surface area contributed by atoms with Gasteiger partial charge < -0.3 is 10.5 Å². The van der Waals surface area contributed by atoms with Gasteiger partial charge in [-0.1, -0.05) is 25.0 Å². The lowest BCUT2D eigenvalue weighted by Crippen LogP contribution is -2.31. The van der Waals surface area contributed by atoms with E-state index in [9.17, 15) is 0 Å². The van der Waals surface area contributed by atoms with Gasteiger partial charge in [0.05, 0.1) is 7.11 Å². The topological polar surface area (TPSA) is 35.2 Å². The first kappa shape index (κ1) is 13.3. The Kier molecular flexibility index (Phi) is 4.63.